The maximum Gasteiger partial charge on any atom is 0.326 e. The van der Waals surface area contributed by atoms with E-state index in [9.17, 15) is 9.59 Å². The number of nitrogens with zero attached hydrogens (tertiary/aromatic N) is 1. The second kappa shape index (κ2) is 4.84. The van der Waals surface area contributed by atoms with Gasteiger partial charge in [0, 0.05) is 12.2 Å². The van der Waals surface area contributed by atoms with Gasteiger partial charge in [-0.15, -0.1) is 0 Å². The van der Waals surface area contributed by atoms with Crippen molar-refractivity contribution in [3.8, 4) is 0 Å². The van der Waals surface area contributed by atoms with Gasteiger partial charge in [-0.2, -0.15) is 0 Å². The van der Waals surface area contributed by atoms with Crippen LogP contribution in [0, 0.1) is 5.92 Å². The molecule has 0 aliphatic heterocycles. The number of hydrogen-bond acceptors (Lipinski definition) is 2. The summed E-state index contributed by atoms with van der Waals surface area (Å²) in [6.07, 6.45) is 4.04. The average molecular weight is 250 g/mol. The Morgan fingerprint density at radius 3 is 2.61 bits per heavy atom. The maximum absolute atomic E-state index is 12.1. The number of nitrogens with one attached hydrogen (secondary N) is 1. The van der Waals surface area contributed by atoms with Crippen LogP contribution in [-0.4, -0.2) is 27.6 Å². The van der Waals surface area contributed by atoms with Crippen molar-refractivity contribution >= 4 is 11.9 Å². The summed E-state index contributed by atoms with van der Waals surface area (Å²) in [5, 5.41) is 11.6. The second-order valence-electron chi connectivity index (χ2n) is 5.07. The van der Waals surface area contributed by atoms with Crippen LogP contribution in [0.3, 0.4) is 0 Å². The molecule has 1 aromatic heterocycles. The lowest BCUT2D eigenvalue weighted by Crippen LogP contribution is -2.44. The van der Waals surface area contributed by atoms with Gasteiger partial charge in [0.05, 0.1) is 0 Å². The molecule has 0 bridgehead atoms. The lowest BCUT2D eigenvalue weighted by Gasteiger charge is -2.18. The smallest absolute Gasteiger partial charge is 0.326 e. The maximum atomic E-state index is 12.1. The third-order valence-corrected chi connectivity index (χ3v) is 3.17. The van der Waals surface area contributed by atoms with E-state index in [2.05, 4.69) is 5.32 Å². The molecule has 1 aliphatic carbocycles. The van der Waals surface area contributed by atoms with Crippen LogP contribution in [0.1, 0.15) is 43.2 Å². The van der Waals surface area contributed by atoms with Gasteiger partial charge >= 0.3 is 5.97 Å². The quantitative estimate of drug-likeness (QED) is 0.835. The van der Waals surface area contributed by atoms with Gasteiger partial charge in [-0.3, -0.25) is 4.79 Å². The van der Waals surface area contributed by atoms with Crippen LogP contribution in [0.5, 0.6) is 0 Å². The zero-order valence-electron chi connectivity index (χ0n) is 10.6. The van der Waals surface area contributed by atoms with Gasteiger partial charge < -0.3 is 15.0 Å². The minimum absolute atomic E-state index is 0.143. The van der Waals surface area contributed by atoms with E-state index in [1.54, 1.807) is 19.9 Å². The Morgan fingerprint density at radius 1 is 1.44 bits per heavy atom. The number of rotatable bonds is 5. The van der Waals surface area contributed by atoms with Crippen molar-refractivity contribution in [3.05, 3.63) is 24.0 Å². The Kier molecular flexibility index (Phi) is 3.41. The molecule has 1 saturated carbocycles. The SMILES string of the molecule is CC(C)[C@H](NC(=O)c1cccn1C1CC1)C(=O)O. The minimum Gasteiger partial charge on any atom is -0.480 e. The summed E-state index contributed by atoms with van der Waals surface area (Å²) in [4.78, 5) is 23.1. The molecule has 1 aromatic rings. The van der Waals surface area contributed by atoms with E-state index in [0.29, 0.717) is 11.7 Å². The van der Waals surface area contributed by atoms with Crippen LogP contribution < -0.4 is 5.32 Å². The van der Waals surface area contributed by atoms with Gasteiger partial charge in [0.25, 0.3) is 5.91 Å². The largest absolute Gasteiger partial charge is 0.480 e. The van der Waals surface area contributed by atoms with Crippen molar-refractivity contribution in [2.24, 2.45) is 5.92 Å². The highest BCUT2D eigenvalue weighted by atomic mass is 16.4. The Bertz CT molecular complexity index is 461. The van der Waals surface area contributed by atoms with Crippen molar-refractivity contribution in [1.82, 2.24) is 9.88 Å². The molecule has 1 fully saturated rings. The summed E-state index contributed by atoms with van der Waals surface area (Å²) in [7, 11) is 0. The summed E-state index contributed by atoms with van der Waals surface area (Å²) in [5.41, 5.74) is 0.546. The number of carbonyl (C=O) groups excluding carboxylic acids is 1. The first-order valence-corrected chi connectivity index (χ1v) is 6.21. The number of aliphatic carboxylic acids is 1. The molecule has 98 valence electrons. The third kappa shape index (κ3) is 2.55. The molecule has 5 heteroatoms. The Morgan fingerprint density at radius 2 is 2.11 bits per heavy atom. The molecule has 1 heterocycles. The lowest BCUT2D eigenvalue weighted by molar-refractivity contribution is -0.140. The molecule has 0 aromatic carbocycles. The molecule has 18 heavy (non-hydrogen) atoms. The normalized spacial score (nSPS) is 16.6. The molecular weight excluding hydrogens is 232 g/mol. The fourth-order valence-corrected chi connectivity index (χ4v) is 1.99. The Balaban J connectivity index is 2.11. The van der Waals surface area contributed by atoms with E-state index in [-0.39, 0.29) is 11.8 Å². The van der Waals surface area contributed by atoms with E-state index in [0.717, 1.165) is 12.8 Å². The van der Waals surface area contributed by atoms with E-state index >= 15 is 0 Å². The molecule has 2 rings (SSSR count). The third-order valence-electron chi connectivity index (χ3n) is 3.17. The van der Waals surface area contributed by atoms with E-state index in [4.69, 9.17) is 5.11 Å². The number of hydrogen-bond donors (Lipinski definition) is 2. The minimum atomic E-state index is -0.997. The molecule has 2 N–H and O–H groups in total. The molecule has 0 radical (unpaired) electrons. The molecule has 5 nitrogen and oxygen atoms in total. The zero-order chi connectivity index (χ0) is 13.3. The Labute approximate surface area is 106 Å². The second-order valence-corrected chi connectivity index (χ2v) is 5.07. The predicted octanol–water partition coefficient (Wildman–Crippen LogP) is 1.66. The van der Waals surface area contributed by atoms with E-state index < -0.39 is 12.0 Å². The zero-order valence-corrected chi connectivity index (χ0v) is 10.6. The molecule has 0 saturated heterocycles. The van der Waals surface area contributed by atoms with Crippen molar-refractivity contribution in [1.29, 1.82) is 0 Å². The van der Waals surface area contributed by atoms with Crippen molar-refractivity contribution in [2.45, 2.75) is 38.8 Å². The van der Waals surface area contributed by atoms with Gasteiger partial charge in [-0.1, -0.05) is 13.8 Å². The van der Waals surface area contributed by atoms with E-state index in [1.165, 1.54) is 0 Å². The van der Waals surface area contributed by atoms with E-state index in [1.807, 2.05) is 16.8 Å². The fourth-order valence-electron chi connectivity index (χ4n) is 1.99. The summed E-state index contributed by atoms with van der Waals surface area (Å²) < 4.78 is 1.93. The lowest BCUT2D eigenvalue weighted by atomic mass is 10.0. The van der Waals surface area contributed by atoms with Crippen molar-refractivity contribution in [3.63, 3.8) is 0 Å². The number of carboxylic acids is 1. The standard InChI is InChI=1S/C13H18N2O3/c1-8(2)11(13(17)18)14-12(16)10-4-3-7-15(10)9-5-6-9/h3-4,7-9,11H,5-6H2,1-2H3,(H,14,16)(H,17,18)/t11-/m0/s1. The van der Waals surface area contributed by atoms with Crippen LogP contribution in [0.2, 0.25) is 0 Å². The number of carbonyl (C=O) groups is 2. The first kappa shape index (κ1) is 12.7. The van der Waals surface area contributed by atoms with Crippen LogP contribution in [0.15, 0.2) is 18.3 Å². The number of carboxylic acid groups (broad SMARTS) is 1. The number of amides is 1. The number of aromatic nitrogens is 1. The topological polar surface area (TPSA) is 71.3 Å². The van der Waals surface area contributed by atoms with Crippen LogP contribution >= 0.6 is 0 Å². The predicted molar refractivity (Wildman–Crippen MR) is 66.4 cm³/mol. The highest BCUT2D eigenvalue weighted by Crippen LogP contribution is 2.35. The monoisotopic (exact) mass is 250 g/mol. The first-order chi connectivity index (χ1) is 8.50. The van der Waals surface area contributed by atoms with Gasteiger partial charge in [-0.05, 0) is 30.9 Å². The summed E-state index contributed by atoms with van der Waals surface area (Å²) in [6.45, 7) is 3.55. The molecule has 1 atom stereocenters. The van der Waals surface area contributed by atoms with Crippen LogP contribution in [0.4, 0.5) is 0 Å². The average Bonchev–Trinajstić information content (AvgIpc) is 3.02. The van der Waals surface area contributed by atoms with Crippen LogP contribution in [-0.2, 0) is 4.79 Å². The van der Waals surface area contributed by atoms with Crippen LogP contribution in [0.25, 0.3) is 0 Å². The molecular formula is C13H18N2O3. The van der Waals surface area contributed by atoms with Gasteiger partial charge in [0.2, 0.25) is 0 Å². The molecule has 0 unspecified atom stereocenters. The fraction of sp³-hybridized carbons (Fsp3) is 0.538. The molecule has 0 spiro atoms. The highest BCUT2D eigenvalue weighted by molar-refractivity contribution is 5.95. The molecule has 1 amide bonds. The summed E-state index contributed by atoms with van der Waals surface area (Å²) in [5.74, 6) is -1.45. The van der Waals surface area contributed by atoms with Crippen molar-refractivity contribution < 1.29 is 14.7 Å². The van der Waals surface area contributed by atoms with Gasteiger partial charge in [0.1, 0.15) is 11.7 Å². The van der Waals surface area contributed by atoms with Gasteiger partial charge in [-0.25, -0.2) is 4.79 Å². The van der Waals surface area contributed by atoms with Gasteiger partial charge in [0.15, 0.2) is 0 Å². The summed E-state index contributed by atoms with van der Waals surface area (Å²) in [6, 6.07) is 3.11. The highest BCUT2D eigenvalue weighted by Gasteiger charge is 2.29. The summed E-state index contributed by atoms with van der Waals surface area (Å²) >= 11 is 0. The molecule has 1 aliphatic rings. The van der Waals surface area contributed by atoms with Crippen molar-refractivity contribution in [2.75, 3.05) is 0 Å². The Hall–Kier alpha value is -1.78. The first-order valence-electron chi connectivity index (χ1n) is 6.21.